The van der Waals surface area contributed by atoms with Crippen LogP contribution in [0.5, 0.6) is 0 Å². The molecule has 0 bridgehead atoms. The third kappa shape index (κ3) is 1.70. The van der Waals surface area contributed by atoms with Gasteiger partial charge < -0.3 is 14.4 Å². The van der Waals surface area contributed by atoms with Gasteiger partial charge in [-0.2, -0.15) is 0 Å². The average Bonchev–Trinajstić information content (AvgIpc) is 3.08. The molecular formula is C15H14N2O2S. The SMILES string of the molecule is Cc1cc2ccc(C3=C(CO)SC4=NCCN43)cc2o1. The zero-order chi connectivity index (χ0) is 13.7. The maximum absolute atomic E-state index is 9.59. The molecular weight excluding hydrogens is 272 g/mol. The van der Waals surface area contributed by atoms with E-state index in [0.717, 1.165) is 51.2 Å². The third-order valence-corrected chi connectivity index (χ3v) is 4.71. The highest BCUT2D eigenvalue weighted by Gasteiger charge is 2.32. The van der Waals surface area contributed by atoms with E-state index in [0.29, 0.717) is 0 Å². The van der Waals surface area contributed by atoms with Crippen molar-refractivity contribution in [3.63, 3.8) is 0 Å². The number of benzene rings is 1. The van der Waals surface area contributed by atoms with Crippen LogP contribution in [0.15, 0.2) is 38.6 Å². The molecule has 4 nitrogen and oxygen atoms in total. The number of hydrogen-bond acceptors (Lipinski definition) is 5. The molecule has 1 aromatic heterocycles. The minimum atomic E-state index is 0.0464. The lowest BCUT2D eigenvalue weighted by Gasteiger charge is -2.17. The number of fused-ring (bicyclic) bond motifs is 2. The van der Waals surface area contributed by atoms with Crippen molar-refractivity contribution in [2.45, 2.75) is 6.92 Å². The summed E-state index contributed by atoms with van der Waals surface area (Å²) in [6.45, 7) is 3.71. The molecule has 0 unspecified atom stereocenters. The summed E-state index contributed by atoms with van der Waals surface area (Å²) in [6.07, 6.45) is 0. The van der Waals surface area contributed by atoms with Crippen molar-refractivity contribution in [3.8, 4) is 0 Å². The molecule has 1 N–H and O–H groups in total. The van der Waals surface area contributed by atoms with Gasteiger partial charge in [0.2, 0.25) is 0 Å². The Balaban J connectivity index is 1.86. The Morgan fingerprint density at radius 3 is 3.15 bits per heavy atom. The smallest absolute Gasteiger partial charge is 0.168 e. The molecule has 102 valence electrons. The van der Waals surface area contributed by atoms with Gasteiger partial charge in [0.15, 0.2) is 5.17 Å². The van der Waals surface area contributed by atoms with E-state index in [-0.39, 0.29) is 6.61 Å². The van der Waals surface area contributed by atoms with E-state index in [2.05, 4.69) is 28.1 Å². The van der Waals surface area contributed by atoms with Gasteiger partial charge in [-0.15, -0.1) is 0 Å². The second-order valence-electron chi connectivity index (χ2n) is 4.96. The minimum Gasteiger partial charge on any atom is -0.461 e. The topological polar surface area (TPSA) is 49.0 Å². The van der Waals surface area contributed by atoms with Crippen LogP contribution in [0.4, 0.5) is 0 Å². The van der Waals surface area contributed by atoms with Gasteiger partial charge in [-0.1, -0.05) is 23.9 Å². The Bertz CT molecular complexity index is 760. The van der Waals surface area contributed by atoms with E-state index in [1.165, 1.54) is 0 Å². The van der Waals surface area contributed by atoms with Crippen LogP contribution in [-0.4, -0.2) is 34.9 Å². The molecule has 0 saturated carbocycles. The second-order valence-corrected chi connectivity index (χ2v) is 6.02. The Kier molecular flexibility index (Phi) is 2.65. The second kappa shape index (κ2) is 4.40. The van der Waals surface area contributed by atoms with Crippen LogP contribution in [0.2, 0.25) is 0 Å². The van der Waals surface area contributed by atoms with Crippen LogP contribution in [0.25, 0.3) is 16.7 Å². The van der Waals surface area contributed by atoms with E-state index >= 15 is 0 Å². The summed E-state index contributed by atoms with van der Waals surface area (Å²) in [5.41, 5.74) is 3.04. The highest BCUT2D eigenvalue weighted by Crippen LogP contribution is 2.41. The van der Waals surface area contributed by atoms with Crippen molar-refractivity contribution in [2.24, 2.45) is 4.99 Å². The number of amidine groups is 1. The quantitative estimate of drug-likeness (QED) is 0.922. The van der Waals surface area contributed by atoms with Gasteiger partial charge in [0.05, 0.1) is 18.8 Å². The summed E-state index contributed by atoms with van der Waals surface area (Å²) in [5, 5.41) is 11.7. The Labute approximate surface area is 120 Å². The van der Waals surface area contributed by atoms with Crippen molar-refractivity contribution in [3.05, 3.63) is 40.5 Å². The third-order valence-electron chi connectivity index (χ3n) is 3.61. The fourth-order valence-corrected chi connectivity index (χ4v) is 3.82. The van der Waals surface area contributed by atoms with Crippen LogP contribution >= 0.6 is 11.8 Å². The van der Waals surface area contributed by atoms with Crippen LogP contribution < -0.4 is 0 Å². The molecule has 0 saturated heterocycles. The van der Waals surface area contributed by atoms with Crippen LogP contribution in [-0.2, 0) is 0 Å². The molecule has 0 radical (unpaired) electrons. The van der Waals surface area contributed by atoms with Crippen molar-refractivity contribution < 1.29 is 9.52 Å². The van der Waals surface area contributed by atoms with E-state index in [1.807, 2.05) is 13.0 Å². The highest BCUT2D eigenvalue weighted by atomic mass is 32.2. The van der Waals surface area contributed by atoms with E-state index in [1.54, 1.807) is 11.8 Å². The number of furan rings is 1. The monoisotopic (exact) mass is 286 g/mol. The summed E-state index contributed by atoms with van der Waals surface area (Å²) in [5.74, 6) is 0.915. The number of thioether (sulfide) groups is 1. The summed E-state index contributed by atoms with van der Waals surface area (Å²) in [6, 6.07) is 8.24. The fourth-order valence-electron chi connectivity index (χ4n) is 2.77. The van der Waals surface area contributed by atoms with Crippen molar-refractivity contribution >= 4 is 33.6 Å². The Hall–Kier alpha value is -1.72. The van der Waals surface area contributed by atoms with E-state index in [4.69, 9.17) is 4.42 Å². The molecule has 5 heteroatoms. The maximum atomic E-state index is 9.59. The lowest BCUT2D eigenvalue weighted by atomic mass is 10.1. The van der Waals surface area contributed by atoms with Crippen molar-refractivity contribution in [1.82, 2.24) is 4.90 Å². The summed E-state index contributed by atoms with van der Waals surface area (Å²) in [4.78, 5) is 7.62. The summed E-state index contributed by atoms with van der Waals surface area (Å²) < 4.78 is 5.71. The minimum absolute atomic E-state index is 0.0464. The molecule has 0 amide bonds. The molecule has 0 aliphatic carbocycles. The van der Waals surface area contributed by atoms with Gasteiger partial charge in [0, 0.05) is 22.4 Å². The Morgan fingerprint density at radius 2 is 2.30 bits per heavy atom. The van der Waals surface area contributed by atoms with E-state index in [9.17, 15) is 5.11 Å². The summed E-state index contributed by atoms with van der Waals surface area (Å²) in [7, 11) is 0. The van der Waals surface area contributed by atoms with Gasteiger partial charge in [-0.05, 0) is 19.1 Å². The molecule has 3 heterocycles. The van der Waals surface area contributed by atoms with Crippen LogP contribution in [0, 0.1) is 6.92 Å². The highest BCUT2D eigenvalue weighted by molar-refractivity contribution is 8.17. The average molecular weight is 286 g/mol. The first kappa shape index (κ1) is 12.1. The molecule has 2 aliphatic rings. The number of aryl methyl sites for hydroxylation is 1. The van der Waals surface area contributed by atoms with E-state index < -0.39 is 0 Å². The number of hydrogen-bond donors (Lipinski definition) is 1. The lowest BCUT2D eigenvalue weighted by molar-refractivity contribution is 0.339. The van der Waals surface area contributed by atoms with Gasteiger partial charge >= 0.3 is 0 Å². The molecule has 20 heavy (non-hydrogen) atoms. The van der Waals surface area contributed by atoms with Gasteiger partial charge in [-0.25, -0.2) is 0 Å². The number of aliphatic imine (C=N–C) groups is 1. The molecule has 2 aromatic rings. The van der Waals surface area contributed by atoms with Crippen LogP contribution in [0.1, 0.15) is 11.3 Å². The number of rotatable bonds is 2. The molecule has 0 atom stereocenters. The molecule has 0 spiro atoms. The van der Waals surface area contributed by atoms with Crippen LogP contribution in [0.3, 0.4) is 0 Å². The molecule has 2 aliphatic heterocycles. The molecule has 1 aromatic carbocycles. The van der Waals surface area contributed by atoms with Gasteiger partial charge in [0.25, 0.3) is 0 Å². The standard InChI is InChI=1S/C15H14N2O2S/c1-9-6-10-2-3-11(7-12(10)19-9)14-13(8-18)20-15-16-4-5-17(14)15/h2-3,6-7,18H,4-5,8H2,1H3. The first-order valence-corrected chi connectivity index (χ1v) is 7.42. The fraction of sp³-hybridized carbons (Fsp3) is 0.267. The Morgan fingerprint density at radius 1 is 1.40 bits per heavy atom. The predicted molar refractivity (Wildman–Crippen MR) is 81.6 cm³/mol. The van der Waals surface area contributed by atoms with Crippen molar-refractivity contribution in [2.75, 3.05) is 19.7 Å². The summed E-state index contributed by atoms with van der Waals surface area (Å²) >= 11 is 1.57. The molecule has 0 fully saturated rings. The number of aliphatic hydroxyl groups excluding tert-OH is 1. The maximum Gasteiger partial charge on any atom is 0.168 e. The zero-order valence-corrected chi connectivity index (χ0v) is 11.9. The first-order chi connectivity index (χ1) is 9.76. The largest absolute Gasteiger partial charge is 0.461 e. The predicted octanol–water partition coefficient (Wildman–Crippen LogP) is 2.82. The van der Waals surface area contributed by atoms with Gasteiger partial charge in [-0.3, -0.25) is 4.99 Å². The first-order valence-electron chi connectivity index (χ1n) is 6.60. The number of aliphatic hydroxyl groups is 1. The zero-order valence-electron chi connectivity index (χ0n) is 11.1. The van der Waals surface area contributed by atoms with Gasteiger partial charge in [0.1, 0.15) is 11.3 Å². The lowest BCUT2D eigenvalue weighted by Crippen LogP contribution is -2.20. The molecule has 4 rings (SSSR count). The van der Waals surface area contributed by atoms with Crippen molar-refractivity contribution in [1.29, 1.82) is 0 Å². The normalized spacial score (nSPS) is 18.1. The number of nitrogens with zero attached hydrogens (tertiary/aromatic N) is 2.